The molecular formula is C12H21N3O8. The molecule has 0 aromatic rings. The Bertz CT molecular complexity index is 454. The minimum atomic E-state index is -1.63. The second-order valence-electron chi connectivity index (χ2n) is 4.85. The molecule has 0 aromatic carbocycles. The third-order valence-electron chi connectivity index (χ3n) is 2.86. The van der Waals surface area contributed by atoms with Crippen molar-refractivity contribution in [1.82, 2.24) is 10.6 Å². The Kier molecular flexibility index (Phi) is 8.77. The van der Waals surface area contributed by atoms with E-state index in [0.717, 1.165) is 6.92 Å². The summed E-state index contributed by atoms with van der Waals surface area (Å²) in [4.78, 5) is 45.2. The van der Waals surface area contributed by atoms with E-state index in [-0.39, 0.29) is 6.42 Å². The third-order valence-corrected chi connectivity index (χ3v) is 2.86. The summed E-state index contributed by atoms with van der Waals surface area (Å²) in [7, 11) is 0. The quantitative estimate of drug-likeness (QED) is 0.212. The van der Waals surface area contributed by atoms with Crippen molar-refractivity contribution in [3.63, 3.8) is 0 Å². The number of hydrogen-bond acceptors (Lipinski definition) is 7. The lowest BCUT2D eigenvalue weighted by atomic mass is 10.1. The first-order valence-corrected chi connectivity index (χ1v) is 6.70. The lowest BCUT2D eigenvalue weighted by Crippen LogP contribution is -2.57. The number of aliphatic carboxylic acids is 2. The van der Waals surface area contributed by atoms with E-state index in [1.54, 1.807) is 0 Å². The first-order valence-electron chi connectivity index (χ1n) is 6.70. The highest BCUT2D eigenvalue weighted by molar-refractivity contribution is 5.92. The van der Waals surface area contributed by atoms with Gasteiger partial charge in [-0.3, -0.25) is 14.4 Å². The van der Waals surface area contributed by atoms with Gasteiger partial charge in [0, 0.05) is 6.42 Å². The molecule has 11 nitrogen and oxygen atoms in total. The number of aliphatic hydroxyl groups excluding tert-OH is 2. The predicted molar refractivity (Wildman–Crippen MR) is 75.1 cm³/mol. The van der Waals surface area contributed by atoms with Crippen LogP contribution in [-0.4, -0.2) is 75.0 Å². The van der Waals surface area contributed by atoms with Gasteiger partial charge in [0.25, 0.3) is 0 Å². The molecular weight excluding hydrogens is 314 g/mol. The van der Waals surface area contributed by atoms with E-state index in [1.165, 1.54) is 0 Å². The first-order chi connectivity index (χ1) is 10.6. The van der Waals surface area contributed by atoms with Crippen molar-refractivity contribution in [3.8, 4) is 0 Å². The lowest BCUT2D eigenvalue weighted by molar-refractivity contribution is -0.145. The Morgan fingerprint density at radius 3 is 2.04 bits per heavy atom. The molecule has 0 aliphatic rings. The number of carbonyl (C=O) groups excluding carboxylic acids is 2. The van der Waals surface area contributed by atoms with Crippen LogP contribution >= 0.6 is 0 Å². The number of rotatable bonds is 10. The molecule has 0 rings (SSSR count). The summed E-state index contributed by atoms with van der Waals surface area (Å²) < 4.78 is 0. The summed E-state index contributed by atoms with van der Waals surface area (Å²) in [6.45, 7) is 0.454. The van der Waals surface area contributed by atoms with E-state index >= 15 is 0 Å². The van der Waals surface area contributed by atoms with Gasteiger partial charge in [0.2, 0.25) is 11.8 Å². The molecule has 0 saturated heterocycles. The van der Waals surface area contributed by atoms with E-state index in [2.05, 4.69) is 5.32 Å². The Labute approximate surface area is 131 Å². The van der Waals surface area contributed by atoms with Crippen molar-refractivity contribution < 1.29 is 39.6 Å². The van der Waals surface area contributed by atoms with Gasteiger partial charge in [-0.2, -0.15) is 0 Å². The van der Waals surface area contributed by atoms with Gasteiger partial charge in [-0.05, 0) is 13.3 Å². The van der Waals surface area contributed by atoms with Crippen molar-refractivity contribution in [2.45, 2.75) is 44.0 Å². The summed E-state index contributed by atoms with van der Waals surface area (Å²) in [5.41, 5.74) is 5.27. The molecule has 0 heterocycles. The van der Waals surface area contributed by atoms with Crippen LogP contribution in [0.3, 0.4) is 0 Å². The molecule has 0 fully saturated rings. The smallest absolute Gasteiger partial charge is 0.328 e. The molecule has 0 spiro atoms. The third kappa shape index (κ3) is 7.54. The highest BCUT2D eigenvalue weighted by atomic mass is 16.4. The second kappa shape index (κ2) is 9.71. The largest absolute Gasteiger partial charge is 0.481 e. The fourth-order valence-corrected chi connectivity index (χ4v) is 1.54. The van der Waals surface area contributed by atoms with Crippen molar-refractivity contribution >= 4 is 23.8 Å². The van der Waals surface area contributed by atoms with Crippen molar-refractivity contribution in [2.75, 3.05) is 6.61 Å². The van der Waals surface area contributed by atoms with Gasteiger partial charge in [-0.15, -0.1) is 0 Å². The number of carbonyl (C=O) groups is 4. The van der Waals surface area contributed by atoms with Crippen LogP contribution < -0.4 is 16.4 Å². The number of nitrogens with two attached hydrogens (primary N) is 1. The molecule has 0 aliphatic carbocycles. The molecule has 2 amide bonds. The number of carboxylic acid groups (broad SMARTS) is 2. The van der Waals surface area contributed by atoms with Crippen LogP contribution in [-0.2, 0) is 19.2 Å². The standard InChI is InChI=1S/C12H21N3O8/c1-5(17)9(12(22)23)15-11(21)7(2-3-8(18)19)14-10(20)6(13)4-16/h5-7,9,16-17H,2-4,13H2,1H3,(H,14,20)(H,15,21)(H,18,19)(H,22,23). The number of nitrogens with one attached hydrogen (secondary N) is 2. The molecule has 0 aliphatic heterocycles. The minimum Gasteiger partial charge on any atom is -0.481 e. The predicted octanol–water partition coefficient (Wildman–Crippen LogP) is -3.39. The Morgan fingerprint density at radius 1 is 1.09 bits per heavy atom. The van der Waals surface area contributed by atoms with Crippen molar-refractivity contribution in [2.24, 2.45) is 5.73 Å². The van der Waals surface area contributed by atoms with Crippen LogP contribution in [0.5, 0.6) is 0 Å². The van der Waals surface area contributed by atoms with Crippen molar-refractivity contribution in [3.05, 3.63) is 0 Å². The van der Waals surface area contributed by atoms with E-state index in [1.807, 2.05) is 5.32 Å². The molecule has 0 radical (unpaired) electrons. The van der Waals surface area contributed by atoms with Gasteiger partial charge in [0.15, 0.2) is 6.04 Å². The van der Waals surface area contributed by atoms with E-state index in [4.69, 9.17) is 21.1 Å². The highest BCUT2D eigenvalue weighted by Crippen LogP contribution is 2.02. The Morgan fingerprint density at radius 2 is 1.65 bits per heavy atom. The normalized spacial score (nSPS) is 15.8. The number of amides is 2. The summed E-state index contributed by atoms with van der Waals surface area (Å²) in [5.74, 6) is -4.61. The van der Waals surface area contributed by atoms with Crippen LogP contribution in [0, 0.1) is 0 Å². The van der Waals surface area contributed by atoms with Gasteiger partial charge in [-0.25, -0.2) is 4.79 Å². The maximum absolute atomic E-state index is 12.0. The summed E-state index contributed by atoms with van der Waals surface area (Å²) in [6.07, 6.45) is -2.21. The summed E-state index contributed by atoms with van der Waals surface area (Å²) >= 11 is 0. The van der Waals surface area contributed by atoms with E-state index < -0.39 is 61.0 Å². The first kappa shape index (κ1) is 20.8. The van der Waals surface area contributed by atoms with E-state index in [9.17, 15) is 24.3 Å². The molecule has 0 saturated carbocycles. The van der Waals surface area contributed by atoms with Gasteiger partial charge in [-0.1, -0.05) is 0 Å². The molecule has 23 heavy (non-hydrogen) atoms. The van der Waals surface area contributed by atoms with E-state index in [0.29, 0.717) is 0 Å². The Balaban J connectivity index is 5.02. The zero-order valence-electron chi connectivity index (χ0n) is 12.4. The van der Waals surface area contributed by atoms with Crippen LogP contribution in [0.4, 0.5) is 0 Å². The number of carboxylic acids is 2. The van der Waals surface area contributed by atoms with Gasteiger partial charge < -0.3 is 36.8 Å². The second-order valence-corrected chi connectivity index (χ2v) is 4.85. The zero-order chi connectivity index (χ0) is 18.2. The number of aliphatic hydroxyl groups is 2. The number of hydrogen-bond donors (Lipinski definition) is 7. The molecule has 11 heteroatoms. The molecule has 8 N–H and O–H groups in total. The maximum Gasteiger partial charge on any atom is 0.328 e. The Hall–Kier alpha value is -2.24. The highest BCUT2D eigenvalue weighted by Gasteiger charge is 2.30. The monoisotopic (exact) mass is 335 g/mol. The molecule has 132 valence electrons. The molecule has 0 aromatic heterocycles. The minimum absolute atomic E-state index is 0.322. The van der Waals surface area contributed by atoms with Gasteiger partial charge in [0.1, 0.15) is 12.1 Å². The zero-order valence-corrected chi connectivity index (χ0v) is 12.4. The average molecular weight is 335 g/mol. The maximum atomic E-state index is 12.0. The average Bonchev–Trinajstić information content (AvgIpc) is 2.46. The molecule has 4 atom stereocenters. The van der Waals surface area contributed by atoms with Crippen LogP contribution in [0.15, 0.2) is 0 Å². The van der Waals surface area contributed by atoms with Gasteiger partial charge in [0.05, 0.1) is 12.7 Å². The van der Waals surface area contributed by atoms with Crippen LogP contribution in [0.1, 0.15) is 19.8 Å². The SMILES string of the molecule is CC(O)C(NC(=O)C(CCC(=O)O)NC(=O)C(N)CO)C(=O)O. The molecule has 0 bridgehead atoms. The fraction of sp³-hybridized carbons (Fsp3) is 0.667. The van der Waals surface area contributed by atoms with Crippen LogP contribution in [0.25, 0.3) is 0 Å². The summed E-state index contributed by atoms with van der Waals surface area (Å²) in [5, 5.41) is 39.8. The summed E-state index contributed by atoms with van der Waals surface area (Å²) in [6, 6.07) is -4.32. The van der Waals surface area contributed by atoms with Crippen LogP contribution in [0.2, 0.25) is 0 Å². The topological polar surface area (TPSA) is 199 Å². The fourth-order valence-electron chi connectivity index (χ4n) is 1.54. The van der Waals surface area contributed by atoms with Crippen molar-refractivity contribution in [1.29, 1.82) is 0 Å². The lowest BCUT2D eigenvalue weighted by Gasteiger charge is -2.23. The van der Waals surface area contributed by atoms with Gasteiger partial charge >= 0.3 is 11.9 Å². The molecule has 4 unspecified atom stereocenters.